The SMILES string of the molecule is CC(C)CC[P+](C)(C)C(C)C. The minimum absolute atomic E-state index is 0.568. The summed E-state index contributed by atoms with van der Waals surface area (Å²) in [6.07, 6.45) is 2.89. The molecule has 11 heavy (non-hydrogen) atoms. The molecular weight excluding hydrogens is 151 g/mol. The Morgan fingerprint density at radius 3 is 1.73 bits per heavy atom. The summed E-state index contributed by atoms with van der Waals surface area (Å²) in [6, 6.07) is 0. The van der Waals surface area contributed by atoms with Gasteiger partial charge in [-0.25, -0.2) is 0 Å². The van der Waals surface area contributed by atoms with Crippen LogP contribution in [0.3, 0.4) is 0 Å². The Kier molecular flexibility index (Phi) is 4.63. The Bertz CT molecular complexity index is 103. The predicted molar refractivity (Wildman–Crippen MR) is 58.2 cm³/mol. The largest absolute Gasteiger partial charge is 0.0636 e. The molecule has 0 heterocycles. The van der Waals surface area contributed by atoms with E-state index in [-0.39, 0.29) is 0 Å². The molecule has 68 valence electrons. The van der Waals surface area contributed by atoms with Gasteiger partial charge in [0.15, 0.2) is 0 Å². The van der Waals surface area contributed by atoms with Gasteiger partial charge in [0, 0.05) is 20.6 Å². The molecule has 0 saturated heterocycles. The molecule has 0 aromatic carbocycles. The van der Waals surface area contributed by atoms with Crippen molar-refractivity contribution in [1.29, 1.82) is 0 Å². The molecule has 0 atom stereocenters. The summed E-state index contributed by atoms with van der Waals surface area (Å²) in [7, 11) is -0.568. The van der Waals surface area contributed by atoms with E-state index < -0.39 is 7.26 Å². The van der Waals surface area contributed by atoms with Crippen molar-refractivity contribution in [3.63, 3.8) is 0 Å². The van der Waals surface area contributed by atoms with Crippen molar-refractivity contribution < 1.29 is 0 Å². The van der Waals surface area contributed by atoms with E-state index >= 15 is 0 Å². The van der Waals surface area contributed by atoms with Crippen molar-refractivity contribution in [2.75, 3.05) is 19.5 Å². The van der Waals surface area contributed by atoms with Crippen molar-refractivity contribution in [2.45, 2.75) is 39.8 Å². The fourth-order valence-corrected chi connectivity index (χ4v) is 2.55. The lowest BCUT2D eigenvalue weighted by atomic mass is 10.2. The Morgan fingerprint density at radius 1 is 1.00 bits per heavy atom. The number of hydrogen-bond acceptors (Lipinski definition) is 0. The highest BCUT2D eigenvalue weighted by atomic mass is 31.2. The molecule has 0 saturated carbocycles. The fourth-order valence-electron chi connectivity index (χ4n) is 0.849. The standard InChI is InChI=1S/C10H24P/c1-9(2)7-8-11(5,6)10(3)4/h9-10H,7-8H2,1-6H3/q+1. The zero-order chi connectivity index (χ0) is 9.07. The van der Waals surface area contributed by atoms with E-state index in [1.807, 2.05) is 0 Å². The molecule has 0 unspecified atom stereocenters. The lowest BCUT2D eigenvalue weighted by Crippen LogP contribution is -2.08. The topological polar surface area (TPSA) is 0 Å². The van der Waals surface area contributed by atoms with Gasteiger partial charge in [-0.15, -0.1) is 0 Å². The summed E-state index contributed by atoms with van der Waals surface area (Å²) in [5, 5.41) is 0. The minimum Gasteiger partial charge on any atom is -0.0626 e. The molecule has 0 rings (SSSR count). The summed E-state index contributed by atoms with van der Waals surface area (Å²) in [5.74, 6) is 0.882. The zero-order valence-corrected chi connectivity index (χ0v) is 9.91. The van der Waals surface area contributed by atoms with Crippen molar-refractivity contribution in [2.24, 2.45) is 5.92 Å². The van der Waals surface area contributed by atoms with Crippen LogP contribution in [0.1, 0.15) is 34.1 Å². The van der Waals surface area contributed by atoms with Gasteiger partial charge in [0.25, 0.3) is 0 Å². The molecule has 0 nitrogen and oxygen atoms in total. The molecule has 0 N–H and O–H groups in total. The van der Waals surface area contributed by atoms with Crippen LogP contribution in [0, 0.1) is 5.92 Å². The average Bonchev–Trinajstić information content (AvgIpc) is 1.84. The van der Waals surface area contributed by atoms with Crippen molar-refractivity contribution in [3.05, 3.63) is 0 Å². The molecule has 0 aliphatic carbocycles. The molecule has 1 heteroatoms. The first-order valence-corrected chi connectivity index (χ1v) is 7.62. The van der Waals surface area contributed by atoms with Gasteiger partial charge in [-0.1, -0.05) is 13.8 Å². The smallest absolute Gasteiger partial charge is 0.0626 e. The van der Waals surface area contributed by atoms with Gasteiger partial charge in [-0.2, -0.15) is 0 Å². The molecule has 0 bridgehead atoms. The Hall–Kier alpha value is 0.430. The van der Waals surface area contributed by atoms with Crippen LogP contribution in [0.2, 0.25) is 0 Å². The van der Waals surface area contributed by atoms with Crippen LogP contribution in [0.25, 0.3) is 0 Å². The van der Waals surface area contributed by atoms with E-state index in [0.717, 1.165) is 11.6 Å². The van der Waals surface area contributed by atoms with Gasteiger partial charge in [0.1, 0.15) is 0 Å². The Labute approximate surface area is 73.1 Å². The lowest BCUT2D eigenvalue weighted by molar-refractivity contribution is 0.627. The first-order chi connectivity index (χ1) is 4.86. The maximum Gasteiger partial charge on any atom is 0.0636 e. The van der Waals surface area contributed by atoms with Crippen LogP contribution >= 0.6 is 7.26 Å². The van der Waals surface area contributed by atoms with Crippen molar-refractivity contribution in [3.8, 4) is 0 Å². The van der Waals surface area contributed by atoms with Crippen LogP contribution in [-0.4, -0.2) is 25.2 Å². The summed E-state index contributed by atoms with van der Waals surface area (Å²) in [4.78, 5) is 0. The van der Waals surface area contributed by atoms with Gasteiger partial charge >= 0.3 is 0 Å². The Morgan fingerprint density at radius 2 is 1.45 bits per heavy atom. The first kappa shape index (κ1) is 11.4. The maximum atomic E-state index is 2.49. The van der Waals surface area contributed by atoms with Crippen molar-refractivity contribution in [1.82, 2.24) is 0 Å². The van der Waals surface area contributed by atoms with Crippen LogP contribution in [-0.2, 0) is 0 Å². The van der Waals surface area contributed by atoms with Crippen LogP contribution in [0.5, 0.6) is 0 Å². The van der Waals surface area contributed by atoms with Crippen molar-refractivity contribution >= 4 is 7.26 Å². The van der Waals surface area contributed by atoms with E-state index in [4.69, 9.17) is 0 Å². The maximum absolute atomic E-state index is 2.49. The van der Waals surface area contributed by atoms with E-state index in [9.17, 15) is 0 Å². The summed E-state index contributed by atoms with van der Waals surface area (Å²) < 4.78 is 0. The van der Waals surface area contributed by atoms with E-state index in [2.05, 4.69) is 41.0 Å². The lowest BCUT2D eigenvalue weighted by Gasteiger charge is -2.23. The van der Waals surface area contributed by atoms with Gasteiger partial charge in [-0.3, -0.25) is 0 Å². The van der Waals surface area contributed by atoms with Crippen LogP contribution in [0.4, 0.5) is 0 Å². The molecule has 0 fully saturated rings. The second kappa shape index (κ2) is 4.45. The molecular formula is C10H24P+. The third-order valence-electron chi connectivity index (χ3n) is 2.68. The molecule has 0 aliphatic rings. The van der Waals surface area contributed by atoms with E-state index in [0.29, 0.717) is 0 Å². The first-order valence-electron chi connectivity index (χ1n) is 4.69. The molecule has 0 spiro atoms. The molecule has 0 aromatic heterocycles. The molecule has 0 radical (unpaired) electrons. The predicted octanol–water partition coefficient (Wildman–Crippen LogP) is 3.72. The normalized spacial score (nSPS) is 13.1. The second-order valence-corrected chi connectivity index (χ2v) is 9.82. The summed E-state index contributed by atoms with van der Waals surface area (Å²) in [5.41, 5.74) is 0.918. The summed E-state index contributed by atoms with van der Waals surface area (Å²) in [6.45, 7) is 14.4. The van der Waals surface area contributed by atoms with Gasteiger partial charge in [-0.05, 0) is 26.2 Å². The fraction of sp³-hybridized carbons (Fsp3) is 1.00. The molecule has 0 aliphatic heterocycles. The van der Waals surface area contributed by atoms with Gasteiger partial charge in [0.2, 0.25) is 0 Å². The van der Waals surface area contributed by atoms with Crippen LogP contribution in [0.15, 0.2) is 0 Å². The third-order valence-corrected chi connectivity index (χ3v) is 6.89. The molecule has 0 aromatic rings. The third kappa shape index (κ3) is 4.80. The minimum atomic E-state index is -0.568. The number of rotatable bonds is 4. The highest BCUT2D eigenvalue weighted by molar-refractivity contribution is 7.75. The van der Waals surface area contributed by atoms with Gasteiger partial charge < -0.3 is 0 Å². The van der Waals surface area contributed by atoms with Gasteiger partial charge in [0.05, 0.1) is 11.8 Å². The molecule has 0 amide bonds. The quantitative estimate of drug-likeness (QED) is 0.571. The van der Waals surface area contributed by atoms with Crippen LogP contribution < -0.4 is 0 Å². The monoisotopic (exact) mass is 175 g/mol. The van der Waals surface area contributed by atoms with E-state index in [1.165, 1.54) is 12.6 Å². The second-order valence-electron chi connectivity index (χ2n) is 4.78. The highest BCUT2D eigenvalue weighted by Gasteiger charge is 2.28. The number of hydrogen-bond donors (Lipinski definition) is 0. The highest BCUT2D eigenvalue weighted by Crippen LogP contribution is 2.56. The summed E-state index contributed by atoms with van der Waals surface area (Å²) >= 11 is 0. The Balaban J connectivity index is 3.73. The average molecular weight is 175 g/mol. The van der Waals surface area contributed by atoms with E-state index in [1.54, 1.807) is 0 Å². The zero-order valence-electron chi connectivity index (χ0n) is 9.02.